The zero-order chi connectivity index (χ0) is 15.7. The Hall–Kier alpha value is -2.39. The average molecular weight is 333 g/mol. The largest absolute Gasteiger partial charge is 0.399 e. The molecule has 9 heteroatoms. The van der Waals surface area contributed by atoms with E-state index < -0.39 is 9.84 Å². The van der Waals surface area contributed by atoms with Crippen LogP contribution in [0, 0.1) is 0 Å². The highest BCUT2D eigenvalue weighted by Crippen LogP contribution is 2.26. The van der Waals surface area contributed by atoms with E-state index in [1.807, 2.05) is 5.38 Å². The van der Waals surface area contributed by atoms with Gasteiger partial charge in [-0.3, -0.25) is 0 Å². The summed E-state index contributed by atoms with van der Waals surface area (Å²) in [5.41, 5.74) is 7.87. The molecule has 22 heavy (non-hydrogen) atoms. The second-order valence-electron chi connectivity index (χ2n) is 4.50. The Morgan fingerprint density at radius 3 is 2.50 bits per heavy atom. The molecular formula is C13H11N5O2S2. The van der Waals surface area contributed by atoms with Gasteiger partial charge in [0.15, 0.2) is 0 Å². The SMILES string of the molecule is CS(=O)(=O)c1nccc(-c2cc(N)cc(-c3nccs3)n2)n1. The fraction of sp³-hybridized carbons (Fsp3) is 0.0769. The van der Waals surface area contributed by atoms with Crippen molar-refractivity contribution in [1.29, 1.82) is 0 Å². The molecule has 0 saturated carbocycles. The van der Waals surface area contributed by atoms with E-state index in [0.717, 1.165) is 11.3 Å². The van der Waals surface area contributed by atoms with Gasteiger partial charge in [-0.05, 0) is 18.2 Å². The topological polar surface area (TPSA) is 112 Å². The molecule has 0 saturated heterocycles. The van der Waals surface area contributed by atoms with Gasteiger partial charge in [-0.2, -0.15) is 0 Å². The number of hydrogen-bond donors (Lipinski definition) is 1. The third kappa shape index (κ3) is 2.95. The minimum atomic E-state index is -3.49. The minimum absolute atomic E-state index is 0.245. The van der Waals surface area contributed by atoms with Crippen molar-refractivity contribution in [3.8, 4) is 22.1 Å². The zero-order valence-electron chi connectivity index (χ0n) is 11.5. The third-order valence-corrected chi connectivity index (χ3v) is 4.38. The number of pyridine rings is 1. The van der Waals surface area contributed by atoms with Gasteiger partial charge in [-0.25, -0.2) is 28.4 Å². The molecule has 0 aliphatic heterocycles. The average Bonchev–Trinajstić information content (AvgIpc) is 3.00. The van der Waals surface area contributed by atoms with Crippen LogP contribution in [0.3, 0.4) is 0 Å². The predicted octanol–water partition coefficient (Wildman–Crippen LogP) is 1.65. The van der Waals surface area contributed by atoms with Crippen LogP contribution in [0.5, 0.6) is 0 Å². The Balaban J connectivity index is 2.13. The molecule has 0 unspecified atom stereocenters. The van der Waals surface area contributed by atoms with E-state index in [9.17, 15) is 8.42 Å². The maximum Gasteiger partial charge on any atom is 0.247 e. The normalized spacial score (nSPS) is 11.5. The van der Waals surface area contributed by atoms with Crippen molar-refractivity contribution in [2.45, 2.75) is 5.16 Å². The van der Waals surface area contributed by atoms with E-state index in [-0.39, 0.29) is 5.16 Å². The van der Waals surface area contributed by atoms with E-state index in [1.165, 1.54) is 17.5 Å². The van der Waals surface area contributed by atoms with Crippen LogP contribution in [0.15, 0.2) is 41.1 Å². The molecule has 0 atom stereocenters. The van der Waals surface area contributed by atoms with Crippen LogP contribution in [-0.2, 0) is 9.84 Å². The van der Waals surface area contributed by atoms with Crippen LogP contribution >= 0.6 is 11.3 Å². The lowest BCUT2D eigenvalue weighted by atomic mass is 10.2. The number of nitrogens with two attached hydrogens (primary N) is 1. The van der Waals surface area contributed by atoms with Crippen LogP contribution < -0.4 is 5.73 Å². The van der Waals surface area contributed by atoms with Gasteiger partial charge in [0.1, 0.15) is 10.7 Å². The smallest absolute Gasteiger partial charge is 0.247 e. The third-order valence-electron chi connectivity index (χ3n) is 2.73. The highest BCUT2D eigenvalue weighted by Gasteiger charge is 2.14. The molecule has 3 heterocycles. The first-order valence-electron chi connectivity index (χ1n) is 6.14. The summed E-state index contributed by atoms with van der Waals surface area (Å²) in [5, 5.41) is 2.32. The van der Waals surface area contributed by atoms with Crippen LogP contribution in [0.1, 0.15) is 0 Å². The lowest BCUT2D eigenvalue weighted by Crippen LogP contribution is -2.05. The second kappa shape index (κ2) is 5.43. The van der Waals surface area contributed by atoms with Gasteiger partial charge < -0.3 is 5.73 Å². The van der Waals surface area contributed by atoms with Crippen molar-refractivity contribution in [2.24, 2.45) is 0 Å². The summed E-state index contributed by atoms with van der Waals surface area (Å²) in [6, 6.07) is 4.93. The molecular weight excluding hydrogens is 322 g/mol. The number of hydrogen-bond acceptors (Lipinski definition) is 8. The summed E-state index contributed by atoms with van der Waals surface area (Å²) in [7, 11) is -3.49. The van der Waals surface area contributed by atoms with Crippen LogP contribution in [0.2, 0.25) is 0 Å². The Morgan fingerprint density at radius 1 is 1.05 bits per heavy atom. The van der Waals surface area contributed by atoms with Gasteiger partial charge in [0.05, 0.1) is 11.4 Å². The van der Waals surface area contributed by atoms with Gasteiger partial charge in [-0.1, -0.05) is 0 Å². The van der Waals surface area contributed by atoms with Crippen LogP contribution in [-0.4, -0.2) is 34.6 Å². The molecule has 0 aromatic carbocycles. The standard InChI is InChI=1S/C13H11N5O2S2/c1-22(19,20)13-16-3-2-9(18-13)10-6-8(14)7-11(17-10)12-15-4-5-21-12/h2-7H,1H3,(H2,14,17). The molecule has 0 spiro atoms. The van der Waals surface area contributed by atoms with E-state index in [1.54, 1.807) is 24.4 Å². The van der Waals surface area contributed by atoms with E-state index in [2.05, 4.69) is 19.9 Å². The molecule has 3 rings (SSSR count). The molecule has 0 fully saturated rings. The lowest BCUT2D eigenvalue weighted by Gasteiger charge is -2.05. The summed E-state index contributed by atoms with van der Waals surface area (Å²) in [5.74, 6) is 0. The number of rotatable bonds is 3. The number of aromatic nitrogens is 4. The quantitative estimate of drug-likeness (QED) is 0.725. The van der Waals surface area contributed by atoms with Crippen molar-refractivity contribution in [1.82, 2.24) is 19.9 Å². The molecule has 3 aromatic heterocycles. The van der Waals surface area contributed by atoms with Gasteiger partial charge in [0, 0.05) is 29.7 Å². The van der Waals surface area contributed by atoms with Crippen molar-refractivity contribution < 1.29 is 8.42 Å². The summed E-state index contributed by atoms with van der Waals surface area (Å²) >= 11 is 1.44. The predicted molar refractivity (Wildman–Crippen MR) is 83.9 cm³/mol. The Bertz CT molecular complexity index is 923. The highest BCUT2D eigenvalue weighted by molar-refractivity contribution is 7.90. The fourth-order valence-electron chi connectivity index (χ4n) is 1.80. The van der Waals surface area contributed by atoms with Gasteiger partial charge in [0.2, 0.25) is 15.0 Å². The summed E-state index contributed by atoms with van der Waals surface area (Å²) in [4.78, 5) is 16.4. The second-order valence-corrected chi connectivity index (χ2v) is 7.31. The van der Waals surface area contributed by atoms with Crippen molar-refractivity contribution in [3.05, 3.63) is 36.0 Å². The fourth-order valence-corrected chi connectivity index (χ4v) is 2.92. The molecule has 0 aliphatic carbocycles. The lowest BCUT2D eigenvalue weighted by molar-refractivity contribution is 0.593. The molecule has 3 aromatic rings. The summed E-state index contributed by atoms with van der Waals surface area (Å²) < 4.78 is 23.1. The minimum Gasteiger partial charge on any atom is -0.399 e. The molecule has 0 amide bonds. The van der Waals surface area contributed by atoms with Crippen molar-refractivity contribution in [2.75, 3.05) is 12.0 Å². The maximum atomic E-state index is 11.6. The maximum absolute atomic E-state index is 11.6. The van der Waals surface area contributed by atoms with Crippen LogP contribution in [0.4, 0.5) is 5.69 Å². The Kier molecular flexibility index (Phi) is 3.59. The monoisotopic (exact) mass is 333 g/mol. The van der Waals surface area contributed by atoms with Gasteiger partial charge in [0.25, 0.3) is 0 Å². The number of nitrogens with zero attached hydrogens (tertiary/aromatic N) is 4. The molecule has 7 nitrogen and oxygen atoms in total. The molecule has 2 N–H and O–H groups in total. The first-order valence-corrected chi connectivity index (χ1v) is 8.91. The highest BCUT2D eigenvalue weighted by atomic mass is 32.2. The molecule has 112 valence electrons. The van der Waals surface area contributed by atoms with E-state index in [0.29, 0.717) is 22.8 Å². The van der Waals surface area contributed by atoms with Gasteiger partial charge >= 0.3 is 0 Å². The Labute approximate surface area is 130 Å². The number of thiazole rings is 1. The number of anilines is 1. The Morgan fingerprint density at radius 2 is 1.82 bits per heavy atom. The summed E-state index contributed by atoms with van der Waals surface area (Å²) in [6.07, 6.45) is 4.11. The van der Waals surface area contributed by atoms with Crippen molar-refractivity contribution in [3.63, 3.8) is 0 Å². The first kappa shape index (κ1) is 14.5. The van der Waals surface area contributed by atoms with E-state index in [4.69, 9.17) is 5.73 Å². The van der Waals surface area contributed by atoms with Crippen LogP contribution in [0.25, 0.3) is 22.1 Å². The number of nitrogen functional groups attached to an aromatic ring is 1. The van der Waals surface area contributed by atoms with E-state index >= 15 is 0 Å². The molecule has 0 aliphatic rings. The van der Waals surface area contributed by atoms with Crippen molar-refractivity contribution >= 4 is 26.9 Å². The number of sulfone groups is 1. The summed E-state index contributed by atoms with van der Waals surface area (Å²) in [6.45, 7) is 0. The first-order chi connectivity index (χ1) is 10.4. The molecule has 0 bridgehead atoms. The molecule has 0 radical (unpaired) electrons. The van der Waals surface area contributed by atoms with Gasteiger partial charge in [-0.15, -0.1) is 11.3 Å². The zero-order valence-corrected chi connectivity index (χ0v) is 13.1.